The van der Waals surface area contributed by atoms with Crippen LogP contribution in [0, 0.1) is 29.6 Å². The van der Waals surface area contributed by atoms with Gasteiger partial charge in [-0.2, -0.15) is 0 Å². The van der Waals surface area contributed by atoms with Crippen LogP contribution < -0.4 is 4.90 Å². The van der Waals surface area contributed by atoms with E-state index in [-0.39, 0.29) is 11.5 Å². The lowest BCUT2D eigenvalue weighted by Crippen LogP contribution is -2.42. The Morgan fingerprint density at radius 2 is 1.59 bits per heavy atom. The molecule has 1 heterocycles. The van der Waals surface area contributed by atoms with Gasteiger partial charge >= 0.3 is 0 Å². The summed E-state index contributed by atoms with van der Waals surface area (Å²) in [5.41, 5.74) is 10.1. The number of hydrogen-bond acceptors (Lipinski definition) is 1. The van der Waals surface area contributed by atoms with Gasteiger partial charge in [-0.05, 0) is 103 Å². The Bertz CT molecular complexity index is 1780. The molecule has 8 atom stereocenters. The summed E-state index contributed by atoms with van der Waals surface area (Å²) in [5.74, 6) is 3.57. The second-order valence-corrected chi connectivity index (χ2v) is 14.1. The zero-order valence-corrected chi connectivity index (χ0v) is 25.6. The Balaban J connectivity index is 1.15. The first-order valence-corrected chi connectivity index (χ1v) is 16.9. The number of allylic oxidation sites excluding steroid dienone is 16. The third kappa shape index (κ3) is 3.91. The first-order chi connectivity index (χ1) is 21.7. The summed E-state index contributed by atoms with van der Waals surface area (Å²) >= 11 is 0. The minimum atomic E-state index is -0.100. The molecule has 9 rings (SSSR count). The predicted molar refractivity (Wildman–Crippen MR) is 185 cm³/mol. The summed E-state index contributed by atoms with van der Waals surface area (Å²) in [4.78, 5) is 2.62. The van der Waals surface area contributed by atoms with E-state index in [0.29, 0.717) is 35.5 Å². The van der Waals surface area contributed by atoms with E-state index in [1.807, 2.05) is 0 Å². The Labute approximate surface area is 262 Å². The molecule has 2 aromatic carbocycles. The molecule has 1 fully saturated rings. The normalized spacial score (nSPS) is 35.4. The van der Waals surface area contributed by atoms with Gasteiger partial charge in [0.05, 0.1) is 6.04 Å². The molecule has 7 aliphatic rings. The van der Waals surface area contributed by atoms with E-state index in [2.05, 4.69) is 152 Å². The number of rotatable bonds is 3. The Hall–Kier alpha value is -4.10. The van der Waals surface area contributed by atoms with Gasteiger partial charge in [-0.25, -0.2) is 0 Å². The Kier molecular flexibility index (Phi) is 6.12. The monoisotopic (exact) mass is 571 g/mol. The smallest absolute Gasteiger partial charge is 0.0655 e. The van der Waals surface area contributed by atoms with Crippen molar-refractivity contribution in [2.24, 2.45) is 29.6 Å². The van der Waals surface area contributed by atoms with Gasteiger partial charge < -0.3 is 4.90 Å². The molecule has 0 aromatic heterocycles. The fourth-order valence-electron chi connectivity index (χ4n) is 9.84. The molecular formula is C43H41N. The van der Waals surface area contributed by atoms with Gasteiger partial charge in [0.15, 0.2) is 0 Å². The van der Waals surface area contributed by atoms with E-state index >= 15 is 0 Å². The fourth-order valence-corrected chi connectivity index (χ4v) is 9.84. The van der Waals surface area contributed by atoms with E-state index in [1.54, 1.807) is 5.57 Å². The van der Waals surface area contributed by atoms with Gasteiger partial charge in [-0.1, -0.05) is 127 Å². The van der Waals surface area contributed by atoms with Crippen molar-refractivity contribution in [1.29, 1.82) is 0 Å². The highest BCUT2D eigenvalue weighted by atomic mass is 15.2. The largest absolute Gasteiger partial charge is 0.333 e. The summed E-state index contributed by atoms with van der Waals surface area (Å²) in [6.45, 7) is 2.47. The highest BCUT2D eigenvalue weighted by Gasteiger charge is 2.50. The zero-order valence-electron chi connectivity index (χ0n) is 25.6. The van der Waals surface area contributed by atoms with Crippen LogP contribution in [0.3, 0.4) is 0 Å². The number of hydrogen-bond donors (Lipinski definition) is 0. The molecule has 0 radical (unpaired) electrons. The van der Waals surface area contributed by atoms with Crippen molar-refractivity contribution >= 4 is 16.9 Å². The minimum Gasteiger partial charge on any atom is -0.333 e. The van der Waals surface area contributed by atoms with Gasteiger partial charge in [0.2, 0.25) is 0 Å². The van der Waals surface area contributed by atoms with E-state index in [0.717, 1.165) is 12.8 Å². The van der Waals surface area contributed by atoms with E-state index in [4.69, 9.17) is 0 Å². The SMILES string of the molecule is CC12C=CC=CC1N(c1cccc(C3C=CC=CC3)c1)c1cccc(C3=CC=C4C5CCC=CC5C5C=CC=CC5C4C3)c12. The molecule has 0 N–H and O–H groups in total. The van der Waals surface area contributed by atoms with Crippen LogP contribution in [0.4, 0.5) is 11.4 Å². The van der Waals surface area contributed by atoms with Gasteiger partial charge in [0.1, 0.15) is 0 Å². The van der Waals surface area contributed by atoms with Gasteiger partial charge in [0.25, 0.3) is 0 Å². The molecule has 1 aliphatic heterocycles. The molecule has 6 aliphatic carbocycles. The molecule has 0 bridgehead atoms. The van der Waals surface area contributed by atoms with Crippen molar-refractivity contribution in [2.75, 3.05) is 4.90 Å². The predicted octanol–water partition coefficient (Wildman–Crippen LogP) is 10.5. The second-order valence-electron chi connectivity index (χ2n) is 14.1. The standard InChI is InChI=1S/C43H41N/c1-43-26-10-9-23-41(43)44(32-16-11-15-30(27-32)29-13-3-2-4-14-29)40-22-12-21-33(42(40)43)31-24-25-38-36-19-6-5-17-34(36)35-18-7-8-20-37(35)39(38)28-31/h2-5,7-13,15-18,20-27,29,34-37,39,41H,6,14,19,28H2,1H3. The van der Waals surface area contributed by atoms with Crippen LogP contribution in [0.2, 0.25) is 0 Å². The molecule has 0 saturated heterocycles. The highest BCUT2D eigenvalue weighted by Crippen LogP contribution is 2.58. The van der Waals surface area contributed by atoms with E-state index in [9.17, 15) is 0 Å². The Morgan fingerprint density at radius 1 is 0.750 bits per heavy atom. The molecule has 218 valence electrons. The van der Waals surface area contributed by atoms with Gasteiger partial charge in [-0.15, -0.1) is 0 Å². The number of benzene rings is 2. The lowest BCUT2D eigenvalue weighted by atomic mass is 9.54. The minimum absolute atomic E-state index is 0.100. The summed E-state index contributed by atoms with van der Waals surface area (Å²) in [6.07, 6.45) is 42.8. The molecule has 1 saturated carbocycles. The zero-order chi connectivity index (χ0) is 29.3. The van der Waals surface area contributed by atoms with Gasteiger partial charge in [-0.3, -0.25) is 0 Å². The summed E-state index contributed by atoms with van der Waals surface area (Å²) < 4.78 is 0. The first-order valence-electron chi connectivity index (χ1n) is 16.9. The molecule has 44 heavy (non-hydrogen) atoms. The van der Waals surface area contributed by atoms with Crippen LogP contribution in [0.25, 0.3) is 5.57 Å². The summed E-state index contributed by atoms with van der Waals surface area (Å²) in [6, 6.07) is 16.7. The van der Waals surface area contributed by atoms with Gasteiger partial charge in [0, 0.05) is 22.7 Å². The molecule has 2 aromatic rings. The Morgan fingerprint density at radius 3 is 2.50 bits per heavy atom. The maximum absolute atomic E-state index is 2.62. The van der Waals surface area contributed by atoms with Crippen LogP contribution in [-0.4, -0.2) is 6.04 Å². The van der Waals surface area contributed by atoms with E-state index in [1.165, 1.54) is 46.5 Å². The molecular weight excluding hydrogens is 530 g/mol. The van der Waals surface area contributed by atoms with Crippen molar-refractivity contribution in [3.8, 4) is 0 Å². The van der Waals surface area contributed by atoms with Crippen LogP contribution in [0.1, 0.15) is 55.2 Å². The van der Waals surface area contributed by atoms with Crippen LogP contribution in [0.15, 0.2) is 145 Å². The maximum atomic E-state index is 2.62. The number of anilines is 2. The van der Waals surface area contributed by atoms with Crippen molar-refractivity contribution in [1.82, 2.24) is 0 Å². The maximum Gasteiger partial charge on any atom is 0.0655 e. The highest BCUT2D eigenvalue weighted by molar-refractivity contribution is 5.85. The van der Waals surface area contributed by atoms with Crippen molar-refractivity contribution in [2.45, 2.75) is 50.0 Å². The molecule has 8 unspecified atom stereocenters. The quantitative estimate of drug-likeness (QED) is 0.331. The second kappa shape index (κ2) is 10.2. The summed E-state index contributed by atoms with van der Waals surface area (Å²) in [5, 5.41) is 0. The molecule has 0 amide bonds. The molecule has 1 nitrogen and oxygen atoms in total. The topological polar surface area (TPSA) is 3.24 Å². The third-order valence-corrected chi connectivity index (χ3v) is 11.9. The fraction of sp³-hybridized carbons (Fsp3) is 0.302. The van der Waals surface area contributed by atoms with Crippen molar-refractivity contribution < 1.29 is 0 Å². The van der Waals surface area contributed by atoms with Crippen molar-refractivity contribution in [3.63, 3.8) is 0 Å². The van der Waals surface area contributed by atoms with Crippen LogP contribution in [0.5, 0.6) is 0 Å². The third-order valence-electron chi connectivity index (χ3n) is 11.9. The lowest BCUT2D eigenvalue weighted by molar-refractivity contribution is 0.172. The van der Waals surface area contributed by atoms with Crippen molar-refractivity contribution in [3.05, 3.63) is 162 Å². The van der Waals surface area contributed by atoms with E-state index < -0.39 is 0 Å². The van der Waals surface area contributed by atoms with Crippen LogP contribution in [-0.2, 0) is 5.41 Å². The number of fused-ring (bicyclic) bond motifs is 9. The summed E-state index contributed by atoms with van der Waals surface area (Å²) in [7, 11) is 0. The van der Waals surface area contributed by atoms with Crippen LogP contribution >= 0.6 is 0 Å². The molecule has 1 heteroatoms. The average Bonchev–Trinajstić information content (AvgIpc) is 3.37. The molecule has 0 spiro atoms. The lowest BCUT2D eigenvalue weighted by Gasteiger charge is -2.50. The number of nitrogens with zero attached hydrogens (tertiary/aromatic N) is 1. The first kappa shape index (κ1) is 26.3. The average molecular weight is 572 g/mol.